The molecule has 1 heterocycles. The predicted molar refractivity (Wildman–Crippen MR) is 53.2 cm³/mol. The lowest BCUT2D eigenvalue weighted by Crippen LogP contribution is -2.07. The average molecular weight is 231 g/mol. The zero-order valence-electron chi connectivity index (χ0n) is 8.09. The molecule has 0 atom stereocenters. The number of rotatable bonds is 2. The van der Waals surface area contributed by atoms with Crippen LogP contribution in [0, 0.1) is 17.0 Å². The molecular formula is C7H9N3O4S. The van der Waals surface area contributed by atoms with Crippen molar-refractivity contribution in [2.24, 2.45) is 0 Å². The van der Waals surface area contributed by atoms with Gasteiger partial charge in [0.25, 0.3) is 0 Å². The lowest BCUT2D eigenvalue weighted by atomic mass is 10.2. The van der Waals surface area contributed by atoms with Gasteiger partial charge in [-0.3, -0.25) is 10.1 Å². The van der Waals surface area contributed by atoms with Gasteiger partial charge in [0, 0.05) is 11.8 Å². The second-order valence-corrected chi connectivity index (χ2v) is 5.00. The smallest absolute Gasteiger partial charge is 0.314 e. The first kappa shape index (κ1) is 11.4. The Labute approximate surface area is 86.0 Å². The van der Waals surface area contributed by atoms with Crippen LogP contribution in [0.1, 0.15) is 5.56 Å². The number of nitrogen functional groups attached to an aromatic ring is 1. The molecule has 1 aromatic rings. The quantitative estimate of drug-likeness (QED) is 0.577. The summed E-state index contributed by atoms with van der Waals surface area (Å²) in [6.45, 7) is 1.41. The summed E-state index contributed by atoms with van der Waals surface area (Å²) >= 11 is 0. The van der Waals surface area contributed by atoms with Gasteiger partial charge in [-0.2, -0.15) is 0 Å². The van der Waals surface area contributed by atoms with Gasteiger partial charge in [-0.1, -0.05) is 0 Å². The van der Waals surface area contributed by atoms with E-state index in [2.05, 4.69) is 4.98 Å². The molecule has 0 aliphatic rings. The summed E-state index contributed by atoms with van der Waals surface area (Å²) in [6.07, 6.45) is 0.958. The normalized spacial score (nSPS) is 11.3. The van der Waals surface area contributed by atoms with Gasteiger partial charge in [0.1, 0.15) is 0 Å². The molecule has 0 aliphatic carbocycles. The molecule has 0 aliphatic heterocycles. The largest absolute Gasteiger partial charge is 0.378 e. The molecule has 2 N–H and O–H groups in total. The third-order valence-corrected chi connectivity index (χ3v) is 2.72. The Kier molecular flexibility index (Phi) is 2.63. The lowest BCUT2D eigenvalue weighted by Gasteiger charge is -2.03. The summed E-state index contributed by atoms with van der Waals surface area (Å²) in [6, 6.07) is 1.13. The van der Waals surface area contributed by atoms with Gasteiger partial charge < -0.3 is 5.73 Å². The number of sulfone groups is 1. The Bertz CT molecular complexity index is 500. The van der Waals surface area contributed by atoms with Crippen molar-refractivity contribution in [1.29, 1.82) is 0 Å². The van der Waals surface area contributed by atoms with Gasteiger partial charge in [-0.05, 0) is 13.0 Å². The Morgan fingerprint density at radius 3 is 2.40 bits per heavy atom. The van der Waals surface area contributed by atoms with Crippen LogP contribution in [-0.2, 0) is 9.84 Å². The van der Waals surface area contributed by atoms with Crippen molar-refractivity contribution in [3.63, 3.8) is 0 Å². The van der Waals surface area contributed by atoms with Crippen molar-refractivity contribution in [3.05, 3.63) is 21.7 Å². The van der Waals surface area contributed by atoms with Crippen molar-refractivity contribution in [3.8, 4) is 0 Å². The molecule has 7 nitrogen and oxygen atoms in total. The number of hydrogen-bond donors (Lipinski definition) is 1. The first-order chi connectivity index (χ1) is 6.73. The minimum Gasteiger partial charge on any atom is -0.378 e. The SMILES string of the molecule is Cc1cc(S(C)(=O)=O)nc(N)c1[N+](=O)[O-]. The van der Waals surface area contributed by atoms with E-state index in [0.29, 0.717) is 0 Å². The maximum atomic E-state index is 11.1. The maximum Gasteiger partial charge on any atom is 0.314 e. The molecule has 0 saturated heterocycles. The number of aryl methyl sites for hydroxylation is 1. The van der Waals surface area contributed by atoms with Crippen LogP contribution in [0.4, 0.5) is 11.5 Å². The van der Waals surface area contributed by atoms with Crippen LogP contribution in [0.2, 0.25) is 0 Å². The molecule has 8 heteroatoms. The van der Waals surface area contributed by atoms with Crippen molar-refractivity contribution in [2.45, 2.75) is 11.9 Å². The van der Waals surface area contributed by atoms with Gasteiger partial charge in [0.05, 0.1) is 4.92 Å². The highest BCUT2D eigenvalue weighted by Gasteiger charge is 2.21. The molecule has 0 unspecified atom stereocenters. The summed E-state index contributed by atoms with van der Waals surface area (Å²) in [5.74, 6) is -0.388. The molecule has 0 radical (unpaired) electrons. The van der Waals surface area contributed by atoms with E-state index in [1.807, 2.05) is 0 Å². The number of nitrogens with two attached hydrogens (primary N) is 1. The summed E-state index contributed by atoms with van der Waals surface area (Å²) in [5.41, 5.74) is 5.12. The Hall–Kier alpha value is -1.70. The summed E-state index contributed by atoms with van der Waals surface area (Å²) in [5, 5.41) is 10.3. The number of hydrogen-bond acceptors (Lipinski definition) is 6. The summed E-state index contributed by atoms with van der Waals surface area (Å²) in [4.78, 5) is 13.3. The lowest BCUT2D eigenvalue weighted by molar-refractivity contribution is -0.384. The standard InChI is InChI=1S/C7H9N3O4S/c1-4-3-5(15(2,13)14)9-7(8)6(4)10(11)12/h3H,1-2H3,(H2,8,9). The number of anilines is 1. The fourth-order valence-corrected chi connectivity index (χ4v) is 1.74. The molecule has 0 saturated carbocycles. The average Bonchev–Trinajstić information content (AvgIpc) is 1.99. The Morgan fingerprint density at radius 2 is 2.07 bits per heavy atom. The van der Waals surface area contributed by atoms with E-state index in [-0.39, 0.29) is 22.1 Å². The zero-order valence-corrected chi connectivity index (χ0v) is 8.91. The monoisotopic (exact) mass is 231 g/mol. The zero-order chi connectivity index (χ0) is 11.8. The molecular weight excluding hydrogens is 222 g/mol. The van der Waals surface area contributed by atoms with Crippen LogP contribution in [-0.4, -0.2) is 24.6 Å². The molecule has 15 heavy (non-hydrogen) atoms. The van der Waals surface area contributed by atoms with Crippen LogP contribution >= 0.6 is 0 Å². The summed E-state index contributed by atoms with van der Waals surface area (Å²) in [7, 11) is -3.50. The first-order valence-corrected chi connectivity index (χ1v) is 5.74. The van der Waals surface area contributed by atoms with Crippen molar-refractivity contribution < 1.29 is 13.3 Å². The number of nitrogens with zero attached hydrogens (tertiary/aromatic N) is 2. The van der Waals surface area contributed by atoms with E-state index in [4.69, 9.17) is 5.73 Å². The minimum atomic E-state index is -3.50. The van der Waals surface area contributed by atoms with E-state index in [0.717, 1.165) is 12.3 Å². The van der Waals surface area contributed by atoms with E-state index < -0.39 is 14.8 Å². The van der Waals surface area contributed by atoms with Gasteiger partial charge in [0.2, 0.25) is 5.82 Å². The van der Waals surface area contributed by atoms with Crippen LogP contribution in [0.25, 0.3) is 0 Å². The van der Waals surface area contributed by atoms with E-state index in [9.17, 15) is 18.5 Å². The van der Waals surface area contributed by atoms with Crippen LogP contribution in [0.5, 0.6) is 0 Å². The van der Waals surface area contributed by atoms with Gasteiger partial charge >= 0.3 is 5.69 Å². The molecule has 1 aromatic heterocycles. The third kappa shape index (κ3) is 2.21. The fraction of sp³-hybridized carbons (Fsp3) is 0.286. The highest BCUT2D eigenvalue weighted by Crippen LogP contribution is 2.25. The molecule has 0 amide bonds. The summed E-state index contributed by atoms with van der Waals surface area (Å²) < 4.78 is 22.3. The van der Waals surface area contributed by atoms with Crippen molar-refractivity contribution in [1.82, 2.24) is 4.98 Å². The van der Waals surface area contributed by atoms with E-state index in [1.165, 1.54) is 6.92 Å². The Balaban J connectivity index is 3.52. The third-order valence-electron chi connectivity index (χ3n) is 1.75. The molecule has 0 fully saturated rings. The molecule has 82 valence electrons. The van der Waals surface area contributed by atoms with Gasteiger partial charge in [-0.15, -0.1) is 0 Å². The predicted octanol–water partition coefficient (Wildman–Crippen LogP) is 0.284. The number of pyridine rings is 1. The van der Waals surface area contributed by atoms with Crippen molar-refractivity contribution >= 4 is 21.3 Å². The topological polar surface area (TPSA) is 116 Å². The molecule has 0 bridgehead atoms. The highest BCUT2D eigenvalue weighted by atomic mass is 32.2. The number of nitro groups is 1. The van der Waals surface area contributed by atoms with Crippen molar-refractivity contribution in [2.75, 3.05) is 12.0 Å². The molecule has 0 aromatic carbocycles. The van der Waals surface area contributed by atoms with Crippen LogP contribution < -0.4 is 5.73 Å². The van der Waals surface area contributed by atoms with Crippen LogP contribution in [0.15, 0.2) is 11.1 Å². The molecule has 1 rings (SSSR count). The second-order valence-electron chi connectivity index (χ2n) is 3.04. The molecule has 0 spiro atoms. The van der Waals surface area contributed by atoms with Gasteiger partial charge in [-0.25, -0.2) is 13.4 Å². The number of aromatic nitrogens is 1. The fourth-order valence-electron chi connectivity index (χ4n) is 1.09. The van der Waals surface area contributed by atoms with Gasteiger partial charge in [0.15, 0.2) is 14.9 Å². The second kappa shape index (κ2) is 3.46. The first-order valence-electron chi connectivity index (χ1n) is 3.85. The maximum absolute atomic E-state index is 11.1. The van der Waals surface area contributed by atoms with Crippen LogP contribution in [0.3, 0.4) is 0 Å². The highest BCUT2D eigenvalue weighted by molar-refractivity contribution is 7.90. The Morgan fingerprint density at radius 1 is 1.53 bits per heavy atom. The van der Waals surface area contributed by atoms with E-state index >= 15 is 0 Å². The minimum absolute atomic E-state index is 0.174. The van der Waals surface area contributed by atoms with E-state index in [1.54, 1.807) is 0 Å².